The van der Waals surface area contributed by atoms with Crippen LogP contribution in [0.2, 0.25) is 0 Å². The van der Waals surface area contributed by atoms with Crippen LogP contribution in [0.25, 0.3) is 0 Å². The van der Waals surface area contributed by atoms with E-state index in [9.17, 15) is 5.11 Å². The molecule has 2 fully saturated rings. The van der Waals surface area contributed by atoms with Gasteiger partial charge in [-0.05, 0) is 37.2 Å². The molecule has 1 aliphatic heterocycles. The van der Waals surface area contributed by atoms with Crippen molar-refractivity contribution in [3.63, 3.8) is 0 Å². The van der Waals surface area contributed by atoms with Crippen LogP contribution < -0.4 is 0 Å². The quantitative estimate of drug-likeness (QED) is 0.711. The molecule has 0 aromatic heterocycles. The molecule has 6 atom stereocenters. The van der Waals surface area contributed by atoms with Gasteiger partial charge < -0.3 is 14.6 Å². The second-order valence-corrected chi connectivity index (χ2v) is 5.70. The van der Waals surface area contributed by atoms with Crippen molar-refractivity contribution in [3.05, 3.63) is 11.6 Å². The van der Waals surface area contributed by atoms with Crippen LogP contribution in [0.4, 0.5) is 0 Å². The third-order valence-electron chi connectivity index (χ3n) is 4.80. The molecule has 0 bridgehead atoms. The average Bonchev–Trinajstić information content (AvgIpc) is 2.66. The second-order valence-electron chi connectivity index (χ2n) is 5.70. The summed E-state index contributed by atoms with van der Waals surface area (Å²) in [7, 11) is 1.68. The fourth-order valence-corrected chi connectivity index (χ4v) is 3.98. The zero-order chi connectivity index (χ0) is 12.0. The summed E-state index contributed by atoms with van der Waals surface area (Å²) in [6.45, 7) is 2.05. The maximum Gasteiger partial charge on any atom is 0.180 e. The van der Waals surface area contributed by atoms with E-state index in [4.69, 9.17) is 9.47 Å². The molecule has 1 N–H and O–H groups in total. The van der Waals surface area contributed by atoms with Crippen LogP contribution in [0.15, 0.2) is 11.6 Å². The highest BCUT2D eigenvalue weighted by molar-refractivity contribution is 5.24. The standard InChI is InChI=1S/C14H22O3/c1-8-12-11(14(16-2)17-8)7-9-5-3-4-6-10(9)13(12)15/h7-10,12-15H,3-6H2,1-2H3/t8-,9+,10-,12-,13+,14-/m1/s1. The van der Waals surface area contributed by atoms with Crippen molar-refractivity contribution < 1.29 is 14.6 Å². The molecule has 1 saturated heterocycles. The SMILES string of the molecule is CO[C@@H]1O[C@H](C)[C@@H]2C1=C[C@@H]1CCCC[C@H]1[C@@H]2O. The van der Waals surface area contributed by atoms with E-state index in [-0.39, 0.29) is 24.4 Å². The van der Waals surface area contributed by atoms with Crippen molar-refractivity contribution in [2.45, 2.75) is 51.1 Å². The predicted molar refractivity (Wildman–Crippen MR) is 64.4 cm³/mol. The van der Waals surface area contributed by atoms with Crippen LogP contribution in [0.3, 0.4) is 0 Å². The van der Waals surface area contributed by atoms with E-state index >= 15 is 0 Å². The first-order valence-corrected chi connectivity index (χ1v) is 6.80. The minimum absolute atomic E-state index is 0.0732. The van der Waals surface area contributed by atoms with Gasteiger partial charge in [0.15, 0.2) is 6.29 Å². The second kappa shape index (κ2) is 4.38. The monoisotopic (exact) mass is 238 g/mol. The van der Waals surface area contributed by atoms with Crippen LogP contribution in [0.1, 0.15) is 32.6 Å². The highest BCUT2D eigenvalue weighted by atomic mass is 16.7. The number of hydrogen-bond donors (Lipinski definition) is 1. The molecule has 0 aromatic carbocycles. The van der Waals surface area contributed by atoms with Crippen molar-refractivity contribution >= 4 is 0 Å². The summed E-state index contributed by atoms with van der Waals surface area (Å²) in [6.07, 6.45) is 6.87. The molecule has 0 amide bonds. The molecular formula is C14H22O3. The minimum atomic E-state index is -0.240. The fraction of sp³-hybridized carbons (Fsp3) is 0.857. The Morgan fingerprint density at radius 1 is 1.35 bits per heavy atom. The van der Waals surface area contributed by atoms with Crippen molar-refractivity contribution in [1.29, 1.82) is 0 Å². The summed E-state index contributed by atoms with van der Waals surface area (Å²) in [6, 6.07) is 0. The summed E-state index contributed by atoms with van der Waals surface area (Å²) in [5, 5.41) is 10.6. The van der Waals surface area contributed by atoms with Crippen LogP contribution in [0.5, 0.6) is 0 Å². The molecule has 1 saturated carbocycles. The number of aliphatic hydroxyl groups is 1. The van der Waals surface area contributed by atoms with E-state index in [0.29, 0.717) is 11.8 Å². The molecule has 3 rings (SSSR count). The van der Waals surface area contributed by atoms with Crippen LogP contribution >= 0.6 is 0 Å². The lowest BCUT2D eigenvalue weighted by atomic mass is 9.66. The number of fused-ring (bicyclic) bond motifs is 2. The normalized spacial score (nSPS) is 49.5. The predicted octanol–water partition coefficient (Wildman–Crippen LogP) is 2.10. The molecule has 3 aliphatic rings. The Morgan fingerprint density at radius 2 is 2.12 bits per heavy atom. The zero-order valence-electron chi connectivity index (χ0n) is 10.6. The van der Waals surface area contributed by atoms with Gasteiger partial charge in [-0.15, -0.1) is 0 Å². The van der Waals surface area contributed by atoms with Crippen LogP contribution in [0, 0.1) is 17.8 Å². The molecule has 3 nitrogen and oxygen atoms in total. The summed E-state index contributed by atoms with van der Waals surface area (Å²) in [5.41, 5.74) is 1.19. The topological polar surface area (TPSA) is 38.7 Å². The lowest BCUT2D eigenvalue weighted by Gasteiger charge is -2.41. The Hall–Kier alpha value is -0.380. The summed E-state index contributed by atoms with van der Waals surface area (Å²) < 4.78 is 11.2. The largest absolute Gasteiger partial charge is 0.392 e. The van der Waals surface area contributed by atoms with Crippen LogP contribution in [-0.2, 0) is 9.47 Å². The van der Waals surface area contributed by atoms with E-state index in [0.717, 1.165) is 6.42 Å². The highest BCUT2D eigenvalue weighted by Crippen LogP contribution is 2.47. The Balaban J connectivity index is 1.93. The van der Waals surface area contributed by atoms with Gasteiger partial charge in [0.05, 0.1) is 12.2 Å². The molecule has 3 heteroatoms. The summed E-state index contributed by atoms with van der Waals surface area (Å²) >= 11 is 0. The van der Waals surface area contributed by atoms with Gasteiger partial charge in [-0.1, -0.05) is 18.9 Å². The first-order valence-electron chi connectivity index (χ1n) is 6.80. The highest BCUT2D eigenvalue weighted by Gasteiger charge is 2.49. The van der Waals surface area contributed by atoms with Gasteiger partial charge in [-0.3, -0.25) is 0 Å². The molecule has 2 aliphatic carbocycles. The van der Waals surface area contributed by atoms with E-state index in [1.165, 1.54) is 24.8 Å². The molecular weight excluding hydrogens is 216 g/mol. The first kappa shape index (κ1) is 11.7. The maximum absolute atomic E-state index is 10.6. The Kier molecular flexibility index (Phi) is 3.01. The van der Waals surface area contributed by atoms with Gasteiger partial charge in [0, 0.05) is 13.0 Å². The average molecular weight is 238 g/mol. The van der Waals surface area contributed by atoms with Gasteiger partial charge in [0.2, 0.25) is 0 Å². The molecule has 0 radical (unpaired) electrons. The number of methoxy groups -OCH3 is 1. The van der Waals surface area contributed by atoms with E-state index in [1.807, 2.05) is 6.92 Å². The maximum atomic E-state index is 10.6. The third kappa shape index (κ3) is 1.76. The minimum Gasteiger partial charge on any atom is -0.392 e. The van der Waals surface area contributed by atoms with Gasteiger partial charge in [-0.25, -0.2) is 0 Å². The smallest absolute Gasteiger partial charge is 0.180 e. The molecule has 1 heterocycles. The number of ether oxygens (including phenoxy) is 2. The van der Waals surface area contributed by atoms with E-state index in [2.05, 4.69) is 6.08 Å². The Morgan fingerprint density at radius 3 is 2.88 bits per heavy atom. The van der Waals surface area contributed by atoms with Gasteiger partial charge in [0.25, 0.3) is 0 Å². The van der Waals surface area contributed by atoms with E-state index < -0.39 is 0 Å². The zero-order valence-corrected chi connectivity index (χ0v) is 10.6. The lowest BCUT2D eigenvalue weighted by molar-refractivity contribution is -0.102. The first-order chi connectivity index (χ1) is 8.22. The van der Waals surface area contributed by atoms with Gasteiger partial charge >= 0.3 is 0 Å². The van der Waals surface area contributed by atoms with Crippen LogP contribution in [-0.4, -0.2) is 30.7 Å². The molecule has 0 unspecified atom stereocenters. The molecule has 96 valence electrons. The molecule has 17 heavy (non-hydrogen) atoms. The number of allylic oxidation sites excluding steroid dienone is 1. The summed E-state index contributed by atoms with van der Waals surface area (Å²) in [4.78, 5) is 0. The van der Waals surface area contributed by atoms with Crippen molar-refractivity contribution in [1.82, 2.24) is 0 Å². The van der Waals surface area contributed by atoms with Crippen molar-refractivity contribution in [2.75, 3.05) is 7.11 Å². The lowest BCUT2D eigenvalue weighted by Crippen LogP contribution is -2.42. The molecule has 0 spiro atoms. The third-order valence-corrected chi connectivity index (χ3v) is 4.80. The molecule has 0 aromatic rings. The Bertz CT molecular complexity index is 325. The van der Waals surface area contributed by atoms with Crippen molar-refractivity contribution in [3.8, 4) is 0 Å². The fourth-order valence-electron chi connectivity index (χ4n) is 3.98. The van der Waals surface area contributed by atoms with E-state index in [1.54, 1.807) is 7.11 Å². The Labute approximate surface area is 103 Å². The van der Waals surface area contributed by atoms with Gasteiger partial charge in [0.1, 0.15) is 0 Å². The van der Waals surface area contributed by atoms with Crippen molar-refractivity contribution in [2.24, 2.45) is 17.8 Å². The number of rotatable bonds is 1. The number of hydrogen-bond acceptors (Lipinski definition) is 3. The number of aliphatic hydroxyl groups excluding tert-OH is 1. The summed E-state index contributed by atoms with van der Waals surface area (Å²) in [5.74, 6) is 1.13. The van der Waals surface area contributed by atoms with Gasteiger partial charge in [-0.2, -0.15) is 0 Å².